The van der Waals surface area contributed by atoms with Crippen molar-refractivity contribution in [3.05, 3.63) is 119 Å². The fraction of sp³-hybridized carbons (Fsp3) is 0.148. The Morgan fingerprint density at radius 2 is 1.89 bits per heavy atom. The number of benzene rings is 2. The van der Waals surface area contributed by atoms with Crippen LogP contribution in [0.2, 0.25) is 0 Å². The van der Waals surface area contributed by atoms with Crippen LogP contribution >= 0.6 is 22.7 Å². The second-order valence-corrected chi connectivity index (χ2v) is 9.91. The molecule has 0 N–H and O–H groups in total. The molecule has 176 valence electrons. The first-order valence-corrected chi connectivity index (χ1v) is 12.8. The van der Waals surface area contributed by atoms with Crippen LogP contribution < -0.4 is 14.9 Å². The summed E-state index contributed by atoms with van der Waals surface area (Å²) in [6, 6.07) is 16.4. The molecule has 1 aliphatic rings. The van der Waals surface area contributed by atoms with Crippen LogP contribution in [0.5, 0.6) is 0 Å². The number of carbonyl (C=O) groups is 1. The predicted octanol–water partition coefficient (Wildman–Crippen LogP) is 4.44. The molecule has 35 heavy (non-hydrogen) atoms. The Morgan fingerprint density at radius 3 is 2.54 bits per heavy atom. The van der Waals surface area contributed by atoms with Crippen molar-refractivity contribution < 1.29 is 13.9 Å². The molecular formula is C27H21FN2O3S2. The van der Waals surface area contributed by atoms with Crippen LogP contribution in [0.1, 0.15) is 34.5 Å². The first-order chi connectivity index (χ1) is 17.0. The third kappa shape index (κ3) is 4.31. The molecule has 0 bridgehead atoms. The van der Waals surface area contributed by atoms with Crippen LogP contribution in [-0.4, -0.2) is 17.1 Å². The van der Waals surface area contributed by atoms with Gasteiger partial charge < -0.3 is 4.74 Å². The molecule has 2 aromatic heterocycles. The molecule has 5 rings (SSSR count). The molecule has 0 amide bonds. The first-order valence-electron chi connectivity index (χ1n) is 11.1. The minimum absolute atomic E-state index is 0.169. The van der Waals surface area contributed by atoms with E-state index >= 15 is 0 Å². The molecule has 5 nitrogen and oxygen atoms in total. The maximum Gasteiger partial charge on any atom is 0.338 e. The van der Waals surface area contributed by atoms with Crippen molar-refractivity contribution in [3.8, 4) is 0 Å². The van der Waals surface area contributed by atoms with Crippen molar-refractivity contribution in [3.63, 3.8) is 0 Å². The van der Waals surface area contributed by atoms with E-state index < -0.39 is 17.8 Å². The second-order valence-electron chi connectivity index (χ2n) is 7.95. The van der Waals surface area contributed by atoms with E-state index in [9.17, 15) is 14.0 Å². The summed E-state index contributed by atoms with van der Waals surface area (Å²) < 4.78 is 21.3. The smallest absolute Gasteiger partial charge is 0.338 e. The predicted molar refractivity (Wildman–Crippen MR) is 137 cm³/mol. The van der Waals surface area contributed by atoms with Gasteiger partial charge in [-0.25, -0.2) is 14.2 Å². The molecule has 0 saturated carbocycles. The van der Waals surface area contributed by atoms with E-state index in [1.165, 1.54) is 28.0 Å². The number of aryl methyl sites for hydroxylation is 1. The van der Waals surface area contributed by atoms with E-state index in [0.29, 0.717) is 20.6 Å². The standard InChI is InChI=1S/C27H21FN2O3S2/c1-3-33-26(32)22-23(17-7-5-4-6-8-17)29-27-30(24(22)18-9-11-19(28)12-10-18)25(31)21(35-27)15-20-16(2)13-14-34-20/h4-15,24H,3H2,1-2H3/b21-15-/t24-/m0/s1. The Morgan fingerprint density at radius 1 is 1.14 bits per heavy atom. The van der Waals surface area contributed by atoms with Gasteiger partial charge in [0.05, 0.1) is 28.5 Å². The van der Waals surface area contributed by atoms with Gasteiger partial charge in [-0.05, 0) is 54.6 Å². The van der Waals surface area contributed by atoms with Crippen LogP contribution in [0.25, 0.3) is 11.8 Å². The van der Waals surface area contributed by atoms with Crippen molar-refractivity contribution in [2.24, 2.45) is 4.99 Å². The number of aromatic nitrogens is 1. The number of hydrogen-bond acceptors (Lipinski definition) is 6. The number of thiophene rings is 1. The number of carbonyl (C=O) groups excluding carboxylic acids is 1. The molecule has 0 spiro atoms. The summed E-state index contributed by atoms with van der Waals surface area (Å²) in [6.45, 7) is 3.89. The highest BCUT2D eigenvalue weighted by Gasteiger charge is 2.35. The van der Waals surface area contributed by atoms with Gasteiger partial charge >= 0.3 is 5.97 Å². The molecule has 0 fully saturated rings. The van der Waals surface area contributed by atoms with E-state index in [1.54, 1.807) is 30.4 Å². The van der Waals surface area contributed by atoms with Crippen LogP contribution in [0, 0.1) is 12.7 Å². The first kappa shape index (κ1) is 23.1. The van der Waals surface area contributed by atoms with Crippen LogP contribution in [-0.2, 0) is 9.53 Å². The number of ether oxygens (including phenoxy) is 1. The van der Waals surface area contributed by atoms with E-state index in [-0.39, 0.29) is 17.7 Å². The van der Waals surface area contributed by atoms with E-state index in [4.69, 9.17) is 9.73 Å². The van der Waals surface area contributed by atoms with Gasteiger partial charge in [0, 0.05) is 10.4 Å². The lowest BCUT2D eigenvalue weighted by molar-refractivity contribution is -0.138. The summed E-state index contributed by atoms with van der Waals surface area (Å²) in [6.07, 6.45) is 1.86. The normalized spacial score (nSPS) is 15.6. The number of nitrogens with zero attached hydrogens (tertiary/aromatic N) is 2. The lowest BCUT2D eigenvalue weighted by Crippen LogP contribution is -2.40. The second kappa shape index (κ2) is 9.56. The summed E-state index contributed by atoms with van der Waals surface area (Å²) in [5, 5.41) is 1.98. The zero-order valence-corrected chi connectivity index (χ0v) is 20.7. The van der Waals surface area contributed by atoms with Crippen molar-refractivity contribution in [2.75, 3.05) is 6.61 Å². The largest absolute Gasteiger partial charge is 0.463 e. The highest BCUT2D eigenvalue weighted by atomic mass is 32.1. The monoisotopic (exact) mass is 504 g/mol. The quantitative estimate of drug-likeness (QED) is 0.378. The Kier molecular flexibility index (Phi) is 6.32. The number of halogens is 1. The summed E-state index contributed by atoms with van der Waals surface area (Å²) >= 11 is 2.82. The van der Waals surface area contributed by atoms with Gasteiger partial charge in [0.25, 0.3) is 5.56 Å². The minimum atomic E-state index is -0.812. The van der Waals surface area contributed by atoms with Gasteiger partial charge in [-0.3, -0.25) is 9.36 Å². The molecule has 1 atom stereocenters. The zero-order chi connectivity index (χ0) is 24.5. The molecule has 4 aromatic rings. The number of thiazole rings is 1. The van der Waals surface area contributed by atoms with Gasteiger partial charge in [-0.1, -0.05) is 53.8 Å². The fourth-order valence-corrected chi connectivity index (χ4v) is 5.97. The van der Waals surface area contributed by atoms with Crippen molar-refractivity contribution in [1.82, 2.24) is 4.57 Å². The number of fused-ring (bicyclic) bond motifs is 1. The number of esters is 1. The van der Waals surface area contributed by atoms with Crippen molar-refractivity contribution in [2.45, 2.75) is 19.9 Å². The number of rotatable bonds is 5. The minimum Gasteiger partial charge on any atom is -0.463 e. The van der Waals surface area contributed by atoms with Crippen LogP contribution in [0.3, 0.4) is 0 Å². The highest BCUT2D eigenvalue weighted by molar-refractivity contribution is 7.11. The van der Waals surface area contributed by atoms with E-state index in [1.807, 2.05) is 54.8 Å². The van der Waals surface area contributed by atoms with Gasteiger partial charge in [-0.15, -0.1) is 11.3 Å². The zero-order valence-electron chi connectivity index (χ0n) is 19.0. The average molecular weight is 505 g/mol. The molecule has 3 heterocycles. The molecule has 8 heteroatoms. The maximum absolute atomic E-state index is 13.8. The Balaban J connectivity index is 1.85. The highest BCUT2D eigenvalue weighted by Crippen LogP contribution is 2.35. The van der Waals surface area contributed by atoms with Gasteiger partial charge in [-0.2, -0.15) is 0 Å². The fourth-order valence-electron chi connectivity index (χ4n) is 4.05. The Hall–Kier alpha value is -3.62. The summed E-state index contributed by atoms with van der Waals surface area (Å²) in [5.41, 5.74) is 2.83. The summed E-state index contributed by atoms with van der Waals surface area (Å²) in [4.78, 5) is 33.3. The third-order valence-corrected chi connectivity index (χ3v) is 7.67. The van der Waals surface area contributed by atoms with Crippen molar-refractivity contribution >= 4 is 40.4 Å². The van der Waals surface area contributed by atoms with E-state index in [2.05, 4.69) is 0 Å². The maximum atomic E-state index is 13.8. The van der Waals surface area contributed by atoms with Crippen molar-refractivity contribution in [1.29, 1.82) is 0 Å². The third-order valence-electron chi connectivity index (χ3n) is 5.72. The SMILES string of the molecule is CCOC(=O)C1=C(c2ccccc2)N=c2s/c(=C\c3sccc3C)c(=O)n2[C@H]1c1ccc(F)cc1. The molecule has 1 aliphatic heterocycles. The van der Waals surface area contributed by atoms with Gasteiger partial charge in [0.1, 0.15) is 5.82 Å². The molecule has 0 saturated heterocycles. The van der Waals surface area contributed by atoms with Gasteiger partial charge in [0.15, 0.2) is 4.80 Å². The summed E-state index contributed by atoms with van der Waals surface area (Å²) in [7, 11) is 0. The number of hydrogen-bond donors (Lipinski definition) is 0. The Bertz CT molecular complexity index is 1610. The van der Waals surface area contributed by atoms with Crippen LogP contribution in [0.4, 0.5) is 4.39 Å². The molecular weight excluding hydrogens is 483 g/mol. The topological polar surface area (TPSA) is 60.7 Å². The molecule has 0 aliphatic carbocycles. The lowest BCUT2D eigenvalue weighted by Gasteiger charge is -2.25. The van der Waals surface area contributed by atoms with Gasteiger partial charge in [0.2, 0.25) is 0 Å². The summed E-state index contributed by atoms with van der Waals surface area (Å²) in [5.74, 6) is -0.966. The lowest BCUT2D eigenvalue weighted by atomic mass is 9.93. The average Bonchev–Trinajstić information content (AvgIpc) is 3.41. The molecule has 2 aromatic carbocycles. The molecule has 0 radical (unpaired) electrons. The van der Waals surface area contributed by atoms with E-state index in [0.717, 1.165) is 16.0 Å². The Labute approximate surface area is 208 Å². The molecule has 0 unspecified atom stereocenters. The van der Waals surface area contributed by atoms with Crippen LogP contribution in [0.15, 0.2) is 81.4 Å².